The number of hydrogen-bond donors (Lipinski definition) is 0. The molecule has 0 bridgehead atoms. The molecule has 1 aliphatic heterocycles. The Morgan fingerprint density at radius 2 is 1.66 bits per heavy atom. The van der Waals surface area contributed by atoms with Crippen LogP contribution in [-0.2, 0) is 9.59 Å². The average molecular weight is 396 g/mol. The van der Waals surface area contributed by atoms with E-state index >= 15 is 0 Å². The standard InChI is InChI=1S/C23H25FN2O3/c1-15-5-7-17(8-6-15)21(27)19-20(16-9-11-18(24)12-10-16)26(23(29)22(19)28)14-4-13-25(2)3/h5-12,19-20H,4,13-14H2,1-3H3. The number of hydrogen-bond acceptors (Lipinski definition) is 4. The number of halogens is 1. The molecule has 1 amide bonds. The monoisotopic (exact) mass is 396 g/mol. The molecule has 1 saturated heterocycles. The minimum absolute atomic E-state index is 0.350. The second-order valence-electron chi connectivity index (χ2n) is 7.72. The van der Waals surface area contributed by atoms with E-state index in [1.165, 1.54) is 17.0 Å². The smallest absolute Gasteiger partial charge is 0.291 e. The zero-order chi connectivity index (χ0) is 21.1. The van der Waals surface area contributed by atoms with Crippen LogP contribution in [0.1, 0.15) is 33.9 Å². The highest BCUT2D eigenvalue weighted by Crippen LogP contribution is 2.38. The molecule has 0 saturated carbocycles. The maximum Gasteiger partial charge on any atom is 0.291 e. The summed E-state index contributed by atoms with van der Waals surface area (Å²) in [6, 6.07) is 11.9. The van der Waals surface area contributed by atoms with Gasteiger partial charge in [-0.25, -0.2) is 4.39 Å². The van der Waals surface area contributed by atoms with Crippen molar-refractivity contribution in [3.05, 3.63) is 71.0 Å². The topological polar surface area (TPSA) is 57.7 Å². The number of carbonyl (C=O) groups excluding carboxylic acids is 3. The first-order valence-electron chi connectivity index (χ1n) is 9.65. The van der Waals surface area contributed by atoms with Crippen LogP contribution in [-0.4, -0.2) is 54.5 Å². The summed E-state index contributed by atoms with van der Waals surface area (Å²) in [5.41, 5.74) is 1.97. The van der Waals surface area contributed by atoms with Crippen molar-refractivity contribution in [2.45, 2.75) is 19.4 Å². The molecule has 2 unspecified atom stereocenters. The van der Waals surface area contributed by atoms with E-state index in [1.54, 1.807) is 36.4 Å². The average Bonchev–Trinajstić information content (AvgIpc) is 2.93. The van der Waals surface area contributed by atoms with Crippen molar-refractivity contribution in [3.63, 3.8) is 0 Å². The van der Waals surface area contributed by atoms with Gasteiger partial charge in [-0.1, -0.05) is 42.0 Å². The summed E-state index contributed by atoms with van der Waals surface area (Å²) in [5.74, 6) is -3.27. The zero-order valence-electron chi connectivity index (χ0n) is 16.9. The molecule has 1 fully saturated rings. The number of aryl methyl sites for hydroxylation is 1. The summed E-state index contributed by atoms with van der Waals surface area (Å²) >= 11 is 0. The van der Waals surface area contributed by atoms with Gasteiger partial charge in [0.1, 0.15) is 11.7 Å². The first-order valence-corrected chi connectivity index (χ1v) is 9.65. The Hall–Kier alpha value is -2.86. The van der Waals surface area contributed by atoms with Gasteiger partial charge in [-0.3, -0.25) is 14.4 Å². The van der Waals surface area contributed by atoms with Crippen LogP contribution >= 0.6 is 0 Å². The number of benzene rings is 2. The van der Waals surface area contributed by atoms with Crippen molar-refractivity contribution in [1.82, 2.24) is 9.80 Å². The van der Waals surface area contributed by atoms with Crippen LogP contribution in [0.25, 0.3) is 0 Å². The van der Waals surface area contributed by atoms with Gasteiger partial charge in [0.05, 0.1) is 6.04 Å². The Bertz CT molecular complexity index is 907. The highest BCUT2D eigenvalue weighted by molar-refractivity contribution is 6.44. The SMILES string of the molecule is Cc1ccc(C(=O)C2C(=O)C(=O)N(CCCN(C)C)C2c2ccc(F)cc2)cc1. The predicted octanol–water partition coefficient (Wildman–Crippen LogP) is 3.04. The van der Waals surface area contributed by atoms with Gasteiger partial charge in [0.15, 0.2) is 5.78 Å². The fraction of sp³-hybridized carbons (Fsp3) is 0.348. The van der Waals surface area contributed by atoms with Crippen molar-refractivity contribution in [2.24, 2.45) is 5.92 Å². The molecule has 0 N–H and O–H groups in total. The molecule has 152 valence electrons. The lowest BCUT2D eigenvalue weighted by atomic mass is 9.86. The van der Waals surface area contributed by atoms with E-state index in [0.29, 0.717) is 24.1 Å². The number of carbonyl (C=O) groups is 3. The van der Waals surface area contributed by atoms with Crippen LogP contribution < -0.4 is 0 Å². The molecule has 0 aliphatic carbocycles. The highest BCUT2D eigenvalue weighted by Gasteiger charge is 2.51. The lowest BCUT2D eigenvalue weighted by molar-refractivity contribution is -0.140. The number of rotatable bonds is 7. The van der Waals surface area contributed by atoms with E-state index in [-0.39, 0.29) is 5.78 Å². The number of likely N-dealkylation sites (tertiary alicyclic amines) is 1. The predicted molar refractivity (Wildman–Crippen MR) is 108 cm³/mol. The van der Waals surface area contributed by atoms with Crippen molar-refractivity contribution >= 4 is 17.5 Å². The molecule has 0 spiro atoms. The summed E-state index contributed by atoms with van der Waals surface area (Å²) in [6.07, 6.45) is 0.662. The highest BCUT2D eigenvalue weighted by atomic mass is 19.1. The van der Waals surface area contributed by atoms with Gasteiger partial charge in [-0.15, -0.1) is 0 Å². The summed E-state index contributed by atoms with van der Waals surface area (Å²) in [5, 5.41) is 0. The lowest BCUT2D eigenvalue weighted by Gasteiger charge is -2.27. The van der Waals surface area contributed by atoms with Crippen molar-refractivity contribution in [3.8, 4) is 0 Å². The molecule has 3 rings (SSSR count). The molecule has 2 aromatic carbocycles. The lowest BCUT2D eigenvalue weighted by Crippen LogP contribution is -2.33. The second kappa shape index (κ2) is 8.66. The van der Waals surface area contributed by atoms with Crippen LogP contribution in [0.3, 0.4) is 0 Å². The third-order valence-corrected chi connectivity index (χ3v) is 5.24. The van der Waals surface area contributed by atoms with Gasteiger partial charge >= 0.3 is 0 Å². The molecule has 5 nitrogen and oxygen atoms in total. The van der Waals surface area contributed by atoms with Crippen LogP contribution in [0.15, 0.2) is 48.5 Å². The maximum atomic E-state index is 13.5. The molecule has 1 heterocycles. The number of Topliss-reactive ketones (excluding diaryl/α,β-unsaturated/α-hetero) is 2. The van der Waals surface area contributed by atoms with Gasteiger partial charge in [0.2, 0.25) is 5.78 Å². The minimum atomic E-state index is -1.13. The fourth-order valence-electron chi connectivity index (χ4n) is 3.71. The first-order chi connectivity index (χ1) is 13.8. The van der Waals surface area contributed by atoms with E-state index in [9.17, 15) is 18.8 Å². The molecular weight excluding hydrogens is 371 g/mol. The summed E-state index contributed by atoms with van der Waals surface area (Å²) in [6.45, 7) is 3.00. The second-order valence-corrected chi connectivity index (χ2v) is 7.72. The first kappa shape index (κ1) is 20.9. The molecule has 0 aromatic heterocycles. The van der Waals surface area contributed by atoms with Crippen LogP contribution in [0.4, 0.5) is 4.39 Å². The van der Waals surface area contributed by atoms with E-state index in [2.05, 4.69) is 0 Å². The van der Waals surface area contributed by atoms with Crippen LogP contribution in [0.5, 0.6) is 0 Å². The van der Waals surface area contributed by atoms with Gasteiger partial charge in [-0.2, -0.15) is 0 Å². The van der Waals surface area contributed by atoms with E-state index in [4.69, 9.17) is 0 Å². The van der Waals surface area contributed by atoms with Crippen LogP contribution in [0, 0.1) is 18.7 Å². The van der Waals surface area contributed by atoms with Gasteiger partial charge in [0, 0.05) is 12.1 Å². The Balaban J connectivity index is 1.98. The molecule has 1 aliphatic rings. The summed E-state index contributed by atoms with van der Waals surface area (Å²) < 4.78 is 13.5. The summed E-state index contributed by atoms with van der Waals surface area (Å²) in [4.78, 5) is 42.3. The van der Waals surface area contributed by atoms with Gasteiger partial charge in [-0.05, 0) is 51.7 Å². The van der Waals surface area contributed by atoms with Crippen molar-refractivity contribution < 1.29 is 18.8 Å². The Morgan fingerprint density at radius 3 is 2.24 bits per heavy atom. The number of nitrogens with zero attached hydrogens (tertiary/aromatic N) is 2. The minimum Gasteiger partial charge on any atom is -0.328 e. The fourth-order valence-corrected chi connectivity index (χ4v) is 3.71. The Labute approximate surface area is 170 Å². The molecule has 2 aromatic rings. The molecule has 0 radical (unpaired) electrons. The normalized spacial score (nSPS) is 19.3. The molecule has 29 heavy (non-hydrogen) atoms. The number of ketones is 2. The largest absolute Gasteiger partial charge is 0.328 e. The quantitative estimate of drug-likeness (QED) is 0.410. The maximum absolute atomic E-state index is 13.5. The molecular formula is C23H25FN2O3. The Morgan fingerprint density at radius 1 is 1.03 bits per heavy atom. The van der Waals surface area contributed by atoms with E-state index < -0.39 is 29.5 Å². The Kier molecular flexibility index (Phi) is 6.23. The van der Waals surface area contributed by atoms with Crippen molar-refractivity contribution in [2.75, 3.05) is 27.2 Å². The van der Waals surface area contributed by atoms with Crippen LogP contribution in [0.2, 0.25) is 0 Å². The van der Waals surface area contributed by atoms with E-state index in [1.807, 2.05) is 25.9 Å². The van der Waals surface area contributed by atoms with E-state index in [0.717, 1.165) is 12.1 Å². The van der Waals surface area contributed by atoms with Gasteiger partial charge < -0.3 is 9.80 Å². The van der Waals surface area contributed by atoms with Gasteiger partial charge in [0.25, 0.3) is 5.91 Å². The summed E-state index contributed by atoms with van der Waals surface area (Å²) in [7, 11) is 3.86. The molecule has 6 heteroatoms. The third kappa shape index (κ3) is 4.43. The van der Waals surface area contributed by atoms with Crippen molar-refractivity contribution in [1.29, 1.82) is 0 Å². The molecule has 2 atom stereocenters. The zero-order valence-corrected chi connectivity index (χ0v) is 16.9. The third-order valence-electron chi connectivity index (χ3n) is 5.24. The number of amides is 1.